The monoisotopic (exact) mass is 344 g/mol. The van der Waals surface area contributed by atoms with Crippen LogP contribution in [0.25, 0.3) is 0 Å². The van der Waals surface area contributed by atoms with Gasteiger partial charge in [-0.3, -0.25) is 4.55 Å². The molecule has 1 N–H and O–H groups in total. The van der Waals surface area contributed by atoms with Gasteiger partial charge < -0.3 is 1.43 Å². The van der Waals surface area contributed by atoms with Gasteiger partial charge in [-0.15, -0.1) is 11.3 Å². The van der Waals surface area contributed by atoms with Crippen molar-refractivity contribution in [3.8, 4) is 0 Å². The molecule has 0 unspecified atom stereocenters. The summed E-state index contributed by atoms with van der Waals surface area (Å²) in [6, 6.07) is 1.34. The summed E-state index contributed by atoms with van der Waals surface area (Å²) in [5.41, 5.74) is 0. The van der Waals surface area contributed by atoms with Crippen LogP contribution < -0.4 is 29.6 Å². The van der Waals surface area contributed by atoms with E-state index in [1.165, 1.54) is 6.07 Å². The van der Waals surface area contributed by atoms with Crippen molar-refractivity contribution < 1.29 is 44.0 Å². The van der Waals surface area contributed by atoms with Crippen LogP contribution in [0.15, 0.2) is 18.5 Å². The zero-order chi connectivity index (χ0) is 8.65. The van der Waals surface area contributed by atoms with E-state index in [0.29, 0.717) is 8.26 Å². The molecule has 1 heterocycles. The van der Waals surface area contributed by atoms with E-state index in [2.05, 4.69) is 31.9 Å². The fraction of sp³-hybridized carbons (Fsp3) is 0. The Balaban J connectivity index is 0. The Bertz CT molecular complexity index is 357. The Hall–Kier alpha value is 1.57. The second-order valence-electron chi connectivity index (χ2n) is 1.66. The molecule has 0 aliphatic rings. The van der Waals surface area contributed by atoms with Crippen LogP contribution in [0.3, 0.4) is 0 Å². The van der Waals surface area contributed by atoms with Crippen LogP contribution >= 0.6 is 43.2 Å². The fourth-order valence-electron chi connectivity index (χ4n) is 0.454. The number of hydrogen-bond acceptors (Lipinski definition) is 3. The minimum Gasteiger partial charge on any atom is -1.00 e. The number of rotatable bonds is 1. The Morgan fingerprint density at radius 3 is 2.17 bits per heavy atom. The molecule has 0 saturated heterocycles. The van der Waals surface area contributed by atoms with Gasteiger partial charge in [0.25, 0.3) is 0 Å². The van der Waals surface area contributed by atoms with Crippen LogP contribution in [0.1, 0.15) is 1.43 Å². The van der Waals surface area contributed by atoms with E-state index in [9.17, 15) is 8.42 Å². The first-order chi connectivity index (χ1) is 4.91. The first-order valence-corrected chi connectivity index (χ1v) is 6.18. The zero-order valence-electron chi connectivity index (χ0n) is 6.91. The number of hydrogen-bond donors (Lipinski definition) is 1. The van der Waals surface area contributed by atoms with Gasteiger partial charge in [-0.25, -0.2) is 0 Å². The van der Waals surface area contributed by atoms with E-state index in [1.807, 2.05) is 0 Å². The van der Waals surface area contributed by atoms with Crippen molar-refractivity contribution in [2.75, 3.05) is 0 Å². The average molecular weight is 346 g/mol. The van der Waals surface area contributed by atoms with E-state index in [0.717, 1.165) is 11.3 Å². The fourth-order valence-corrected chi connectivity index (χ4v) is 3.64. The van der Waals surface area contributed by atoms with Gasteiger partial charge in [-0.1, -0.05) is 0 Å². The van der Waals surface area contributed by atoms with Crippen LogP contribution in [-0.4, -0.2) is 13.0 Å². The quantitative estimate of drug-likeness (QED) is 0.558. The topological polar surface area (TPSA) is 54.4 Å². The molecule has 1 aromatic rings. The Labute approximate surface area is 114 Å². The van der Waals surface area contributed by atoms with Crippen LogP contribution in [0, 0.1) is 0 Å². The van der Waals surface area contributed by atoms with Crippen molar-refractivity contribution in [2.24, 2.45) is 0 Å². The molecule has 0 radical (unpaired) electrons. The summed E-state index contributed by atoms with van der Waals surface area (Å²) >= 11 is 7.15. The third kappa shape index (κ3) is 3.38. The maximum atomic E-state index is 10.5. The van der Waals surface area contributed by atoms with Gasteiger partial charge in [0, 0.05) is 4.47 Å². The summed E-state index contributed by atoms with van der Waals surface area (Å²) < 4.78 is 30.8. The molecule has 64 valence electrons. The van der Waals surface area contributed by atoms with Gasteiger partial charge in [-0.05, 0) is 37.9 Å². The largest absolute Gasteiger partial charge is 1.00 e. The molecule has 12 heavy (non-hydrogen) atoms. The van der Waals surface area contributed by atoms with E-state index in [1.54, 1.807) is 0 Å². The van der Waals surface area contributed by atoms with Crippen molar-refractivity contribution in [1.29, 1.82) is 0 Å². The van der Waals surface area contributed by atoms with Gasteiger partial charge in [0.15, 0.2) is 0 Å². The summed E-state index contributed by atoms with van der Waals surface area (Å²) in [5.74, 6) is 0. The van der Waals surface area contributed by atoms with Crippen molar-refractivity contribution in [1.82, 2.24) is 0 Å². The Morgan fingerprint density at radius 1 is 1.50 bits per heavy atom. The first kappa shape index (κ1) is 13.6. The van der Waals surface area contributed by atoms with Crippen molar-refractivity contribution in [3.63, 3.8) is 0 Å². The second kappa shape index (κ2) is 4.88. The second-order valence-corrected chi connectivity index (χ2v) is 6.53. The molecule has 0 fully saturated rings. The third-order valence-corrected chi connectivity index (χ3v) is 5.44. The molecule has 0 aromatic carbocycles. The predicted octanol–water partition coefficient (Wildman–Crippen LogP) is -0.364. The molecular formula is C4H3Br2NaO3S2. The minimum absolute atomic E-state index is 0. The Morgan fingerprint density at radius 2 is 2.00 bits per heavy atom. The number of halogens is 2. The number of thiophene rings is 1. The van der Waals surface area contributed by atoms with Crippen molar-refractivity contribution in [2.45, 2.75) is 4.21 Å². The van der Waals surface area contributed by atoms with Gasteiger partial charge in [-0.2, -0.15) is 8.42 Å². The molecule has 1 aromatic heterocycles. The van der Waals surface area contributed by atoms with Gasteiger partial charge in [0.1, 0.15) is 4.21 Å². The normalized spacial score (nSPS) is 10.9. The summed E-state index contributed by atoms with van der Waals surface area (Å²) in [5, 5.41) is 0. The van der Waals surface area contributed by atoms with Crippen molar-refractivity contribution >= 4 is 53.3 Å². The molecule has 0 atom stereocenters. The minimum atomic E-state index is -4.05. The van der Waals surface area contributed by atoms with E-state index < -0.39 is 10.1 Å². The SMILES string of the molecule is O=S(=O)(O)c1cc(Br)c(Br)s1.[H-].[Na+]. The summed E-state index contributed by atoms with van der Waals surface area (Å²) in [7, 11) is -4.05. The molecule has 0 amide bonds. The van der Waals surface area contributed by atoms with E-state index in [-0.39, 0.29) is 35.2 Å². The Kier molecular flexibility index (Phi) is 5.52. The molecule has 0 aliphatic heterocycles. The average Bonchev–Trinajstić information content (AvgIpc) is 2.11. The van der Waals surface area contributed by atoms with Crippen LogP contribution in [0.5, 0.6) is 0 Å². The molecule has 1 rings (SSSR count). The van der Waals surface area contributed by atoms with Crippen molar-refractivity contribution in [3.05, 3.63) is 14.3 Å². The molecule has 3 nitrogen and oxygen atoms in total. The van der Waals surface area contributed by atoms with Gasteiger partial charge >= 0.3 is 39.7 Å². The maximum Gasteiger partial charge on any atom is 1.00 e. The van der Waals surface area contributed by atoms with Crippen LogP contribution in [-0.2, 0) is 10.1 Å². The third-order valence-electron chi connectivity index (χ3n) is 0.877. The molecule has 8 heteroatoms. The maximum absolute atomic E-state index is 10.5. The standard InChI is InChI=1S/C4H2Br2O3S2.Na.H/c5-2-1-3(10-4(2)6)11(7,8)9;;/h1H,(H,7,8,9);;/q;+1;-1. The van der Waals surface area contributed by atoms with Gasteiger partial charge in [0.05, 0.1) is 3.79 Å². The van der Waals surface area contributed by atoms with Gasteiger partial charge in [0.2, 0.25) is 0 Å². The molecular weight excluding hydrogens is 343 g/mol. The molecule has 0 aliphatic carbocycles. The predicted molar refractivity (Wildman–Crippen MR) is 50.6 cm³/mol. The van der Waals surface area contributed by atoms with Crippen LogP contribution in [0.2, 0.25) is 0 Å². The smallest absolute Gasteiger partial charge is 1.00 e. The summed E-state index contributed by atoms with van der Waals surface area (Å²) in [4.78, 5) is 0. The van der Waals surface area contributed by atoms with E-state index >= 15 is 0 Å². The molecule has 0 spiro atoms. The van der Waals surface area contributed by atoms with E-state index in [4.69, 9.17) is 4.55 Å². The first-order valence-electron chi connectivity index (χ1n) is 2.33. The van der Waals surface area contributed by atoms with Crippen LogP contribution in [0.4, 0.5) is 0 Å². The molecule has 0 bridgehead atoms. The summed E-state index contributed by atoms with van der Waals surface area (Å²) in [6.45, 7) is 0. The summed E-state index contributed by atoms with van der Waals surface area (Å²) in [6.07, 6.45) is 0. The zero-order valence-corrected chi connectivity index (χ0v) is 12.7. The molecule has 0 saturated carbocycles.